The van der Waals surface area contributed by atoms with Gasteiger partial charge in [0.15, 0.2) is 0 Å². The van der Waals surface area contributed by atoms with Crippen LogP contribution in [0.5, 0.6) is 0 Å². The van der Waals surface area contributed by atoms with Crippen LogP contribution in [0.15, 0.2) is 0 Å². The second-order valence-electron chi connectivity index (χ2n) is 2.50. The number of hydrogen-bond donors (Lipinski definition) is 0. The standard InChI is InChI=1S/C4H10F3N2P/c1-8-3-4-9(2)10(8,5,6)7/h3-4H2,1-2H3. The van der Waals surface area contributed by atoms with Crippen LogP contribution in [-0.4, -0.2) is 36.5 Å². The summed E-state index contributed by atoms with van der Waals surface area (Å²) < 4.78 is 39.2. The van der Waals surface area contributed by atoms with Crippen LogP contribution in [-0.2, 0) is 0 Å². The maximum atomic E-state index is 12.7. The summed E-state index contributed by atoms with van der Waals surface area (Å²) in [5, 5.41) is 0. The van der Waals surface area contributed by atoms with Crippen LogP contribution in [0.3, 0.4) is 0 Å². The molecule has 1 fully saturated rings. The molecule has 0 amide bonds. The van der Waals surface area contributed by atoms with Crippen molar-refractivity contribution in [3.63, 3.8) is 0 Å². The Labute approximate surface area is 58.0 Å². The maximum absolute atomic E-state index is 12.7. The Morgan fingerprint density at radius 3 is 1.40 bits per heavy atom. The van der Waals surface area contributed by atoms with E-state index in [-0.39, 0.29) is 13.1 Å². The fraction of sp³-hybridized carbons (Fsp3) is 1.00. The van der Waals surface area contributed by atoms with Crippen LogP contribution in [0.2, 0.25) is 0 Å². The van der Waals surface area contributed by atoms with Crippen molar-refractivity contribution in [3.05, 3.63) is 0 Å². The second kappa shape index (κ2) is 1.84. The Hall–Kier alpha value is 0.140. The van der Waals surface area contributed by atoms with Crippen molar-refractivity contribution in [2.45, 2.75) is 0 Å². The minimum atomic E-state index is -6.04. The van der Waals surface area contributed by atoms with Gasteiger partial charge in [-0.3, -0.25) is 0 Å². The van der Waals surface area contributed by atoms with E-state index in [9.17, 15) is 12.6 Å². The molecule has 0 atom stereocenters. The summed E-state index contributed by atoms with van der Waals surface area (Å²) in [5.74, 6) is 0. The molecule has 0 saturated carbocycles. The van der Waals surface area contributed by atoms with E-state index < -0.39 is 7.84 Å². The molecular formula is C4H10F3N2P. The van der Waals surface area contributed by atoms with E-state index in [1.165, 1.54) is 0 Å². The third-order valence-electron chi connectivity index (χ3n) is 1.83. The molecule has 0 aliphatic carbocycles. The molecule has 0 unspecified atom stereocenters. The van der Waals surface area contributed by atoms with Crippen molar-refractivity contribution >= 4 is 7.84 Å². The topological polar surface area (TPSA) is 6.48 Å². The second-order valence-corrected chi connectivity index (χ2v) is 5.33. The Bertz CT molecular complexity index is 140. The molecule has 0 radical (unpaired) electrons. The molecule has 0 aromatic carbocycles. The van der Waals surface area contributed by atoms with Gasteiger partial charge >= 0.3 is 57.0 Å². The van der Waals surface area contributed by atoms with Crippen LogP contribution in [0.1, 0.15) is 0 Å². The van der Waals surface area contributed by atoms with Crippen LogP contribution in [0, 0.1) is 0 Å². The van der Waals surface area contributed by atoms with E-state index in [2.05, 4.69) is 0 Å². The first-order chi connectivity index (χ1) is 4.33. The van der Waals surface area contributed by atoms with Crippen molar-refractivity contribution in [3.8, 4) is 0 Å². The third kappa shape index (κ3) is 0.929. The molecule has 1 aliphatic rings. The third-order valence-corrected chi connectivity index (χ3v) is 4.39. The zero-order chi connectivity index (χ0) is 8.02. The average molecular weight is 174 g/mol. The molecule has 1 aliphatic heterocycles. The quantitative estimate of drug-likeness (QED) is 0.517. The molecular weight excluding hydrogens is 164 g/mol. The molecule has 1 rings (SSSR count). The van der Waals surface area contributed by atoms with Crippen molar-refractivity contribution in [1.82, 2.24) is 9.34 Å². The summed E-state index contributed by atoms with van der Waals surface area (Å²) in [4.78, 5) is 0. The molecule has 1 heterocycles. The zero-order valence-electron chi connectivity index (χ0n) is 5.89. The summed E-state index contributed by atoms with van der Waals surface area (Å²) >= 11 is 0. The Kier molecular flexibility index (Phi) is 1.52. The number of nitrogens with zero attached hydrogens (tertiary/aromatic N) is 2. The number of rotatable bonds is 0. The Morgan fingerprint density at radius 1 is 1.00 bits per heavy atom. The van der Waals surface area contributed by atoms with Crippen molar-refractivity contribution in [2.75, 3.05) is 27.2 Å². The molecule has 0 N–H and O–H groups in total. The van der Waals surface area contributed by atoms with Crippen molar-refractivity contribution in [2.24, 2.45) is 0 Å². The van der Waals surface area contributed by atoms with Crippen LogP contribution in [0.25, 0.3) is 0 Å². The predicted molar refractivity (Wildman–Crippen MR) is 35.5 cm³/mol. The Balaban J connectivity index is 2.92. The zero-order valence-corrected chi connectivity index (χ0v) is 6.78. The fourth-order valence-corrected chi connectivity index (χ4v) is 2.20. The normalized spacial score (nSPS) is 37.1. The summed E-state index contributed by atoms with van der Waals surface area (Å²) in [6.07, 6.45) is 0. The minimum absolute atomic E-state index is 0.109. The number of likely N-dealkylation sites (N-methyl/N-ethyl adjacent to an activating group) is 2. The van der Waals surface area contributed by atoms with Crippen LogP contribution < -0.4 is 0 Å². The molecule has 0 aromatic rings. The summed E-state index contributed by atoms with van der Waals surface area (Å²) in [7, 11) is -3.82. The summed E-state index contributed by atoms with van der Waals surface area (Å²) in [6, 6.07) is 0. The van der Waals surface area contributed by atoms with Gasteiger partial charge in [-0.1, -0.05) is 0 Å². The molecule has 1 saturated heterocycles. The number of hydrogen-bond acceptors (Lipinski definition) is 2. The van der Waals surface area contributed by atoms with Crippen LogP contribution in [0.4, 0.5) is 12.6 Å². The van der Waals surface area contributed by atoms with E-state index in [1.807, 2.05) is 0 Å². The first-order valence-corrected chi connectivity index (χ1v) is 4.75. The van der Waals surface area contributed by atoms with E-state index in [4.69, 9.17) is 0 Å². The van der Waals surface area contributed by atoms with E-state index in [1.54, 1.807) is 0 Å². The predicted octanol–water partition coefficient (Wildman–Crippen LogP) is 1.90. The van der Waals surface area contributed by atoms with Gasteiger partial charge in [-0.05, 0) is 0 Å². The van der Waals surface area contributed by atoms with Gasteiger partial charge in [-0.25, -0.2) is 0 Å². The molecule has 0 bridgehead atoms. The molecule has 0 spiro atoms. The SMILES string of the molecule is CN1CCN(C)P1(F)(F)F. The van der Waals surface area contributed by atoms with Gasteiger partial charge in [-0.2, -0.15) is 0 Å². The Morgan fingerprint density at radius 2 is 1.30 bits per heavy atom. The molecule has 0 aromatic heterocycles. The van der Waals surface area contributed by atoms with Gasteiger partial charge in [0.25, 0.3) is 0 Å². The first kappa shape index (κ1) is 8.24. The van der Waals surface area contributed by atoms with Gasteiger partial charge in [0, 0.05) is 0 Å². The monoisotopic (exact) mass is 174 g/mol. The van der Waals surface area contributed by atoms with Gasteiger partial charge in [-0.15, -0.1) is 0 Å². The van der Waals surface area contributed by atoms with Crippen molar-refractivity contribution < 1.29 is 12.6 Å². The van der Waals surface area contributed by atoms with Gasteiger partial charge < -0.3 is 0 Å². The van der Waals surface area contributed by atoms with Gasteiger partial charge in [0.1, 0.15) is 0 Å². The van der Waals surface area contributed by atoms with E-state index in [0.717, 1.165) is 14.1 Å². The molecule has 10 heavy (non-hydrogen) atoms. The molecule has 6 heteroatoms. The summed E-state index contributed by atoms with van der Waals surface area (Å²) in [6.45, 7) is 0.218. The molecule has 2 nitrogen and oxygen atoms in total. The van der Waals surface area contributed by atoms with Gasteiger partial charge in [0.05, 0.1) is 0 Å². The number of halogens is 3. The average Bonchev–Trinajstić information content (AvgIpc) is 1.93. The summed E-state index contributed by atoms with van der Waals surface area (Å²) in [5.41, 5.74) is 0. The first-order valence-electron chi connectivity index (χ1n) is 2.93. The van der Waals surface area contributed by atoms with Gasteiger partial charge in [0.2, 0.25) is 0 Å². The fourth-order valence-electron chi connectivity index (χ4n) is 0.866. The van der Waals surface area contributed by atoms with Crippen LogP contribution >= 0.6 is 7.84 Å². The van der Waals surface area contributed by atoms with E-state index in [0.29, 0.717) is 9.34 Å². The van der Waals surface area contributed by atoms with E-state index >= 15 is 0 Å². The molecule has 62 valence electrons. The van der Waals surface area contributed by atoms with Crippen molar-refractivity contribution in [1.29, 1.82) is 0 Å².